The topological polar surface area (TPSA) is 17.1 Å². The van der Waals surface area contributed by atoms with E-state index >= 15 is 0 Å². The van der Waals surface area contributed by atoms with E-state index in [-0.39, 0.29) is 5.78 Å². The van der Waals surface area contributed by atoms with Gasteiger partial charge in [-0.3, -0.25) is 4.79 Å². The van der Waals surface area contributed by atoms with Gasteiger partial charge < -0.3 is 0 Å². The Kier molecular flexibility index (Phi) is 3.49. The molecule has 0 saturated heterocycles. The van der Waals surface area contributed by atoms with E-state index in [1.54, 1.807) is 22.7 Å². The maximum absolute atomic E-state index is 12.3. The van der Waals surface area contributed by atoms with E-state index in [4.69, 9.17) is 0 Å². The molecule has 0 radical (unpaired) electrons. The van der Waals surface area contributed by atoms with Gasteiger partial charge in [0.2, 0.25) is 0 Å². The van der Waals surface area contributed by atoms with Crippen molar-refractivity contribution in [3.63, 3.8) is 0 Å². The minimum Gasteiger partial charge on any atom is -0.293 e. The third-order valence-electron chi connectivity index (χ3n) is 3.20. The van der Waals surface area contributed by atoms with Crippen LogP contribution < -0.4 is 0 Å². The molecule has 0 atom stereocenters. The van der Waals surface area contributed by atoms with Crippen molar-refractivity contribution in [1.29, 1.82) is 0 Å². The van der Waals surface area contributed by atoms with Gasteiger partial charge in [0.25, 0.3) is 0 Å². The summed E-state index contributed by atoms with van der Waals surface area (Å²) in [5.41, 5.74) is 1.15. The summed E-state index contributed by atoms with van der Waals surface area (Å²) in [7, 11) is 0. The number of Topliss-reactive ketones (excluding diaryl/α,β-unsaturated/α-hetero) is 1. The van der Waals surface area contributed by atoms with Gasteiger partial charge in [0.05, 0.1) is 4.88 Å². The summed E-state index contributed by atoms with van der Waals surface area (Å²) in [5.74, 6) is 0.230. The smallest absolute Gasteiger partial charge is 0.177 e. The fourth-order valence-electron chi connectivity index (χ4n) is 2.15. The molecule has 0 aliphatic carbocycles. The molecule has 0 saturated carbocycles. The second-order valence-corrected chi connectivity index (χ2v) is 6.56. The molecule has 3 heteroatoms. The molecule has 96 valence electrons. The number of hydrogen-bond donors (Lipinski definition) is 0. The van der Waals surface area contributed by atoms with Crippen LogP contribution >= 0.6 is 22.7 Å². The highest BCUT2D eigenvalue weighted by molar-refractivity contribution is 7.17. The largest absolute Gasteiger partial charge is 0.293 e. The zero-order chi connectivity index (χ0) is 13.2. The van der Waals surface area contributed by atoms with Crippen molar-refractivity contribution in [2.24, 2.45) is 0 Å². The minimum atomic E-state index is 0.230. The van der Waals surface area contributed by atoms with Gasteiger partial charge in [-0.2, -0.15) is 0 Å². The van der Waals surface area contributed by atoms with Crippen LogP contribution in [0.4, 0.5) is 0 Å². The molecule has 0 fully saturated rings. The predicted octanol–water partition coefficient (Wildman–Crippen LogP) is 4.95. The van der Waals surface area contributed by atoms with Crippen LogP contribution in [0.3, 0.4) is 0 Å². The van der Waals surface area contributed by atoms with Crippen LogP contribution in [0, 0.1) is 0 Å². The van der Waals surface area contributed by atoms with Gasteiger partial charge in [0.1, 0.15) is 0 Å². The maximum Gasteiger partial charge on any atom is 0.177 e. The Labute approximate surface area is 120 Å². The number of fused-ring (bicyclic) bond motifs is 1. The summed E-state index contributed by atoms with van der Waals surface area (Å²) in [4.78, 5) is 14.5. The summed E-state index contributed by atoms with van der Waals surface area (Å²) >= 11 is 3.33. The summed E-state index contributed by atoms with van der Waals surface area (Å²) in [6.45, 7) is 2.12. The lowest BCUT2D eigenvalue weighted by Crippen LogP contribution is -2.00. The first-order valence-electron chi connectivity index (χ1n) is 6.35. The highest BCUT2D eigenvalue weighted by Gasteiger charge is 2.12. The van der Waals surface area contributed by atoms with Crippen LogP contribution in [0.1, 0.15) is 27.0 Å². The lowest BCUT2D eigenvalue weighted by molar-refractivity contribution is 0.0997. The number of ketones is 1. The van der Waals surface area contributed by atoms with E-state index in [1.165, 1.54) is 15.0 Å². The average Bonchev–Trinajstić information content (AvgIpc) is 3.06. The molecule has 0 spiro atoms. The number of benzene rings is 1. The molecule has 0 aliphatic heterocycles. The van der Waals surface area contributed by atoms with E-state index in [0.717, 1.165) is 16.9 Å². The molecule has 2 heterocycles. The third-order valence-corrected chi connectivity index (χ3v) is 5.48. The summed E-state index contributed by atoms with van der Waals surface area (Å²) < 4.78 is 1.26. The maximum atomic E-state index is 12.3. The van der Waals surface area contributed by atoms with E-state index in [1.807, 2.05) is 18.2 Å². The Bertz CT molecular complexity index is 721. The van der Waals surface area contributed by atoms with E-state index in [2.05, 4.69) is 30.5 Å². The first-order valence-corrected chi connectivity index (χ1v) is 8.04. The molecule has 0 N–H and O–H groups in total. The molecule has 0 aliphatic rings. The van der Waals surface area contributed by atoms with Gasteiger partial charge in [-0.15, -0.1) is 22.7 Å². The van der Waals surface area contributed by atoms with E-state index in [0.29, 0.717) is 6.42 Å². The zero-order valence-corrected chi connectivity index (χ0v) is 12.3. The Morgan fingerprint density at radius 1 is 1.16 bits per heavy atom. The number of rotatable bonds is 4. The predicted molar refractivity (Wildman–Crippen MR) is 83.6 cm³/mol. The van der Waals surface area contributed by atoms with Gasteiger partial charge in [-0.1, -0.05) is 25.1 Å². The molecule has 2 aromatic heterocycles. The molecule has 0 unspecified atom stereocenters. The van der Waals surface area contributed by atoms with Crippen LogP contribution in [0.2, 0.25) is 0 Å². The number of aryl methyl sites for hydroxylation is 1. The fourth-order valence-corrected chi connectivity index (χ4v) is 4.00. The monoisotopic (exact) mass is 286 g/mol. The molecule has 1 nitrogen and oxygen atoms in total. The van der Waals surface area contributed by atoms with Gasteiger partial charge >= 0.3 is 0 Å². The summed E-state index contributed by atoms with van der Waals surface area (Å²) in [5, 5.41) is 3.32. The van der Waals surface area contributed by atoms with Crippen molar-refractivity contribution in [2.75, 3.05) is 0 Å². The number of thiophene rings is 2. The molecule has 3 rings (SSSR count). The highest BCUT2D eigenvalue weighted by atomic mass is 32.1. The molecule has 1 aromatic carbocycles. The second-order valence-electron chi connectivity index (χ2n) is 4.48. The lowest BCUT2D eigenvalue weighted by atomic mass is 10.1. The third kappa shape index (κ3) is 2.48. The SMILES string of the molecule is CCc1ccc(C(=O)Cc2csc3ccccc23)s1. The standard InChI is InChI=1S/C16H14OS2/c1-2-12-7-8-16(19-12)14(17)9-11-10-18-15-6-4-3-5-13(11)15/h3-8,10H,2,9H2,1H3. The van der Waals surface area contributed by atoms with Gasteiger partial charge in [-0.05, 0) is 40.9 Å². The number of hydrogen-bond acceptors (Lipinski definition) is 3. The van der Waals surface area contributed by atoms with E-state index < -0.39 is 0 Å². The van der Waals surface area contributed by atoms with Gasteiger partial charge in [0.15, 0.2) is 5.78 Å². The molecule has 3 aromatic rings. The van der Waals surface area contributed by atoms with Crippen LogP contribution in [0.15, 0.2) is 41.8 Å². The lowest BCUT2D eigenvalue weighted by Gasteiger charge is -1.97. The zero-order valence-electron chi connectivity index (χ0n) is 10.7. The molecule has 19 heavy (non-hydrogen) atoms. The fraction of sp³-hybridized carbons (Fsp3) is 0.188. The Hall–Kier alpha value is -1.45. The normalized spacial score (nSPS) is 11.0. The van der Waals surface area contributed by atoms with Crippen LogP contribution in [-0.4, -0.2) is 5.78 Å². The van der Waals surface area contributed by atoms with Gasteiger partial charge in [0, 0.05) is 16.0 Å². The van der Waals surface area contributed by atoms with E-state index in [9.17, 15) is 4.79 Å². The van der Waals surface area contributed by atoms with Crippen LogP contribution in [0.5, 0.6) is 0 Å². The van der Waals surface area contributed by atoms with Crippen molar-refractivity contribution in [2.45, 2.75) is 19.8 Å². The van der Waals surface area contributed by atoms with Crippen LogP contribution in [0.25, 0.3) is 10.1 Å². The van der Waals surface area contributed by atoms with Crippen molar-refractivity contribution < 1.29 is 4.79 Å². The average molecular weight is 286 g/mol. The Morgan fingerprint density at radius 3 is 2.79 bits per heavy atom. The number of carbonyl (C=O) groups is 1. The molecule has 0 bridgehead atoms. The summed E-state index contributed by atoms with van der Waals surface area (Å²) in [6, 6.07) is 12.3. The van der Waals surface area contributed by atoms with Crippen molar-refractivity contribution in [1.82, 2.24) is 0 Å². The van der Waals surface area contributed by atoms with Crippen molar-refractivity contribution >= 4 is 38.5 Å². The second kappa shape index (κ2) is 5.27. The minimum absolute atomic E-state index is 0.230. The van der Waals surface area contributed by atoms with Crippen molar-refractivity contribution in [3.05, 3.63) is 57.1 Å². The Morgan fingerprint density at radius 2 is 2.00 bits per heavy atom. The molecule has 0 amide bonds. The highest BCUT2D eigenvalue weighted by Crippen LogP contribution is 2.27. The summed E-state index contributed by atoms with van der Waals surface area (Å²) in [6.07, 6.45) is 1.51. The van der Waals surface area contributed by atoms with Crippen molar-refractivity contribution in [3.8, 4) is 0 Å². The molecular weight excluding hydrogens is 272 g/mol. The first kappa shape index (κ1) is 12.6. The quantitative estimate of drug-likeness (QED) is 0.620. The van der Waals surface area contributed by atoms with Crippen LogP contribution in [-0.2, 0) is 12.8 Å². The number of carbonyl (C=O) groups excluding carboxylic acids is 1. The Balaban J connectivity index is 1.86. The molecular formula is C16H14OS2. The first-order chi connectivity index (χ1) is 9.28. The van der Waals surface area contributed by atoms with Gasteiger partial charge in [-0.25, -0.2) is 0 Å².